The Morgan fingerprint density at radius 3 is 3.06 bits per heavy atom. The van der Waals surface area contributed by atoms with Crippen LogP contribution in [-0.2, 0) is 9.63 Å². The van der Waals surface area contributed by atoms with Gasteiger partial charge in [-0.1, -0.05) is 11.2 Å². The largest absolute Gasteiger partial charge is 0.476 e. The summed E-state index contributed by atoms with van der Waals surface area (Å²) in [5.41, 5.74) is 5.07. The number of carbonyl (C=O) groups is 1. The molecule has 2 rings (SSSR count). The lowest BCUT2D eigenvalue weighted by Gasteiger charge is -2.13. The first-order valence-electron chi connectivity index (χ1n) is 5.40. The molecule has 1 aliphatic rings. The number of aliphatic carboxylic acids is 1. The second-order valence-corrected chi connectivity index (χ2v) is 4.49. The number of rotatable bonds is 4. The third kappa shape index (κ3) is 3.04. The number of nitrogens with two attached hydrogens (primary N) is 1. The lowest BCUT2D eigenvalue weighted by Crippen LogP contribution is -2.19. The van der Waals surface area contributed by atoms with Gasteiger partial charge in [0.1, 0.15) is 6.10 Å². The molecule has 0 spiro atoms. The van der Waals surface area contributed by atoms with E-state index in [1.807, 2.05) is 12.2 Å². The van der Waals surface area contributed by atoms with Crippen molar-refractivity contribution in [1.29, 1.82) is 0 Å². The lowest BCUT2D eigenvalue weighted by atomic mass is 10.1. The zero-order valence-corrected chi connectivity index (χ0v) is 10.3. The molecule has 1 atom stereocenters. The molecule has 0 radical (unpaired) electrons. The van der Waals surface area contributed by atoms with Gasteiger partial charge in [0.25, 0.3) is 0 Å². The normalized spacial score (nSPS) is 19.8. The summed E-state index contributed by atoms with van der Waals surface area (Å²) in [7, 11) is 0. The van der Waals surface area contributed by atoms with Gasteiger partial charge in [0.05, 0.1) is 0 Å². The molecule has 1 unspecified atom stereocenters. The first-order valence-corrected chi connectivity index (χ1v) is 6.17. The van der Waals surface area contributed by atoms with Gasteiger partial charge in [-0.15, -0.1) is 0 Å². The molecule has 0 fully saturated rings. The van der Waals surface area contributed by atoms with Gasteiger partial charge >= 0.3 is 5.97 Å². The van der Waals surface area contributed by atoms with Gasteiger partial charge in [0, 0.05) is 11.5 Å². The van der Waals surface area contributed by atoms with E-state index in [9.17, 15) is 4.79 Å². The smallest absolute Gasteiger partial charge is 0.362 e. The Bertz CT molecular complexity index is 497. The predicted octanol–water partition coefficient (Wildman–Crippen LogP) is 1.03. The fourth-order valence-corrected chi connectivity index (χ4v) is 1.93. The molecule has 3 N–H and O–H groups in total. The number of hydrogen-bond acceptors (Lipinski definition) is 7. The summed E-state index contributed by atoms with van der Waals surface area (Å²) in [6.07, 6.45) is 6.50. The molecular formula is C10H12N4O3S. The van der Waals surface area contributed by atoms with Crippen molar-refractivity contribution >= 4 is 28.3 Å². The minimum absolute atomic E-state index is 0.0233. The van der Waals surface area contributed by atoms with Crippen LogP contribution in [0.4, 0.5) is 5.13 Å². The molecule has 0 amide bonds. The molecular weight excluding hydrogens is 256 g/mol. The number of nitrogens with zero attached hydrogens (tertiary/aromatic N) is 3. The Balaban J connectivity index is 2.12. The molecule has 8 heteroatoms. The molecule has 0 bridgehead atoms. The maximum absolute atomic E-state index is 11.0. The van der Waals surface area contributed by atoms with Crippen LogP contribution in [0.15, 0.2) is 17.3 Å². The molecule has 18 heavy (non-hydrogen) atoms. The van der Waals surface area contributed by atoms with Crippen molar-refractivity contribution in [3.63, 3.8) is 0 Å². The quantitative estimate of drug-likeness (QED) is 0.479. The Labute approximate surface area is 107 Å². The van der Waals surface area contributed by atoms with Crippen molar-refractivity contribution in [3.8, 4) is 0 Å². The van der Waals surface area contributed by atoms with Crippen LogP contribution in [-0.4, -0.2) is 32.2 Å². The van der Waals surface area contributed by atoms with Crippen molar-refractivity contribution in [2.75, 3.05) is 5.73 Å². The number of allylic oxidation sites excluding steroid dienone is 1. The second kappa shape index (κ2) is 5.58. The SMILES string of the molecule is Nc1nc(C(=NOC2C=CCCC2)C(=O)O)ns1. The highest BCUT2D eigenvalue weighted by atomic mass is 32.1. The summed E-state index contributed by atoms with van der Waals surface area (Å²) in [5.74, 6) is -1.27. The van der Waals surface area contributed by atoms with Crippen molar-refractivity contribution in [3.05, 3.63) is 18.0 Å². The van der Waals surface area contributed by atoms with E-state index in [0.717, 1.165) is 30.8 Å². The van der Waals surface area contributed by atoms with E-state index in [2.05, 4.69) is 14.5 Å². The van der Waals surface area contributed by atoms with Crippen LogP contribution >= 0.6 is 11.5 Å². The van der Waals surface area contributed by atoms with E-state index in [1.165, 1.54) is 0 Å². The first kappa shape index (κ1) is 12.5. The number of hydrogen-bond donors (Lipinski definition) is 2. The van der Waals surface area contributed by atoms with Crippen molar-refractivity contribution in [2.24, 2.45) is 5.16 Å². The Kier molecular flexibility index (Phi) is 3.88. The molecule has 7 nitrogen and oxygen atoms in total. The van der Waals surface area contributed by atoms with E-state index in [4.69, 9.17) is 15.7 Å². The molecule has 96 valence electrons. The number of carboxylic acid groups (broad SMARTS) is 1. The Hall–Kier alpha value is -1.96. The van der Waals surface area contributed by atoms with Gasteiger partial charge in [0.2, 0.25) is 11.5 Å². The molecule has 0 saturated carbocycles. The topological polar surface area (TPSA) is 111 Å². The highest BCUT2D eigenvalue weighted by molar-refractivity contribution is 7.09. The lowest BCUT2D eigenvalue weighted by molar-refractivity contribution is -0.129. The molecule has 1 aliphatic carbocycles. The molecule has 1 aromatic rings. The monoisotopic (exact) mass is 268 g/mol. The number of nitrogen functional groups attached to an aromatic ring is 1. The molecule has 1 aromatic heterocycles. The molecule has 0 aromatic carbocycles. The Morgan fingerprint density at radius 1 is 1.67 bits per heavy atom. The van der Waals surface area contributed by atoms with Crippen molar-refractivity contribution in [1.82, 2.24) is 9.36 Å². The van der Waals surface area contributed by atoms with Gasteiger partial charge in [-0.25, -0.2) is 4.79 Å². The summed E-state index contributed by atoms with van der Waals surface area (Å²) in [6.45, 7) is 0. The van der Waals surface area contributed by atoms with Gasteiger partial charge < -0.3 is 15.7 Å². The molecule has 0 saturated heterocycles. The number of oxime groups is 1. The van der Waals surface area contributed by atoms with Gasteiger partial charge in [-0.3, -0.25) is 0 Å². The third-order valence-corrected chi connectivity index (χ3v) is 2.89. The third-order valence-electron chi connectivity index (χ3n) is 2.35. The first-order chi connectivity index (χ1) is 8.66. The summed E-state index contributed by atoms with van der Waals surface area (Å²) >= 11 is 0.915. The summed E-state index contributed by atoms with van der Waals surface area (Å²) < 4.78 is 3.80. The average molecular weight is 268 g/mol. The van der Waals surface area contributed by atoms with Crippen LogP contribution in [0.1, 0.15) is 25.1 Å². The number of carboxylic acids is 1. The van der Waals surface area contributed by atoms with Gasteiger partial charge in [0.15, 0.2) is 5.13 Å². The number of aromatic nitrogens is 2. The number of anilines is 1. The highest BCUT2D eigenvalue weighted by Gasteiger charge is 2.20. The van der Waals surface area contributed by atoms with Crippen LogP contribution < -0.4 is 5.73 Å². The van der Waals surface area contributed by atoms with Crippen molar-refractivity contribution < 1.29 is 14.7 Å². The second-order valence-electron chi connectivity index (χ2n) is 3.70. The highest BCUT2D eigenvalue weighted by Crippen LogP contribution is 2.14. The van der Waals surface area contributed by atoms with Crippen LogP contribution in [0, 0.1) is 0 Å². The van der Waals surface area contributed by atoms with E-state index in [0.29, 0.717) is 0 Å². The van der Waals surface area contributed by atoms with E-state index in [-0.39, 0.29) is 22.8 Å². The van der Waals surface area contributed by atoms with Crippen molar-refractivity contribution in [2.45, 2.75) is 25.4 Å². The van der Waals surface area contributed by atoms with E-state index >= 15 is 0 Å². The minimum Gasteiger partial charge on any atom is -0.476 e. The van der Waals surface area contributed by atoms with E-state index < -0.39 is 5.97 Å². The van der Waals surface area contributed by atoms with Crippen LogP contribution in [0.5, 0.6) is 0 Å². The summed E-state index contributed by atoms with van der Waals surface area (Å²) in [5, 5.41) is 12.8. The fraction of sp³-hybridized carbons (Fsp3) is 0.400. The van der Waals surface area contributed by atoms with Gasteiger partial charge in [-0.05, 0) is 25.3 Å². The Morgan fingerprint density at radius 2 is 2.50 bits per heavy atom. The maximum atomic E-state index is 11.0. The minimum atomic E-state index is -1.24. The zero-order chi connectivity index (χ0) is 13.0. The zero-order valence-electron chi connectivity index (χ0n) is 9.44. The average Bonchev–Trinajstić information content (AvgIpc) is 2.77. The predicted molar refractivity (Wildman–Crippen MR) is 66.4 cm³/mol. The standard InChI is InChI=1S/C10H12N4O3S/c11-10-12-8(14-18-10)7(9(15)16)13-17-6-4-2-1-3-5-6/h2,4,6H,1,3,5H2,(H,15,16)(H2,11,12,14). The summed E-state index contributed by atoms with van der Waals surface area (Å²) in [4.78, 5) is 20.0. The van der Waals surface area contributed by atoms with Gasteiger partial charge in [-0.2, -0.15) is 9.36 Å². The molecule has 0 aliphatic heterocycles. The molecule has 1 heterocycles. The van der Waals surface area contributed by atoms with Crippen LogP contribution in [0.25, 0.3) is 0 Å². The fourth-order valence-electron chi connectivity index (χ4n) is 1.50. The van der Waals surface area contributed by atoms with Crippen LogP contribution in [0.2, 0.25) is 0 Å². The maximum Gasteiger partial charge on any atom is 0.362 e. The van der Waals surface area contributed by atoms with Crippen LogP contribution in [0.3, 0.4) is 0 Å². The summed E-state index contributed by atoms with van der Waals surface area (Å²) in [6, 6.07) is 0. The van der Waals surface area contributed by atoms with E-state index in [1.54, 1.807) is 0 Å².